The fraction of sp³-hybridized carbons (Fsp3) is 0.737. The van der Waals surface area contributed by atoms with Crippen LogP contribution in [0.25, 0.3) is 0 Å². The van der Waals surface area contributed by atoms with E-state index in [1.807, 2.05) is 0 Å². The Labute approximate surface area is 191 Å². The lowest BCUT2D eigenvalue weighted by molar-refractivity contribution is -0.145. The Morgan fingerprint density at radius 3 is 2.31 bits per heavy atom. The predicted molar refractivity (Wildman–Crippen MR) is 118 cm³/mol. The van der Waals surface area contributed by atoms with Crippen molar-refractivity contribution in [1.29, 1.82) is 0 Å². The number of aliphatic carboxylic acids is 2. The molecule has 0 saturated carbocycles. The number of carboxylic acids is 2. The van der Waals surface area contributed by atoms with Crippen LogP contribution in [-0.4, -0.2) is 87.8 Å². The Kier molecular flexibility index (Phi) is 12.0. The molecule has 0 aromatic heterocycles. The van der Waals surface area contributed by atoms with E-state index in [-0.39, 0.29) is 18.7 Å². The summed E-state index contributed by atoms with van der Waals surface area (Å²) in [5.74, 6) is -4.26. The van der Waals surface area contributed by atoms with E-state index in [2.05, 4.69) is 23.3 Å². The van der Waals surface area contributed by atoms with Gasteiger partial charge in [-0.05, 0) is 38.6 Å². The van der Waals surface area contributed by atoms with E-state index in [0.717, 1.165) is 6.42 Å². The fourth-order valence-electron chi connectivity index (χ4n) is 3.40. The topological polar surface area (TPSA) is 205 Å². The van der Waals surface area contributed by atoms with Crippen LogP contribution in [0.2, 0.25) is 0 Å². The van der Waals surface area contributed by atoms with Gasteiger partial charge in [-0.1, -0.05) is 6.42 Å². The van der Waals surface area contributed by atoms with Gasteiger partial charge < -0.3 is 37.2 Å². The van der Waals surface area contributed by atoms with E-state index in [1.54, 1.807) is 0 Å². The SMILES string of the molecule is NCCCCC(N)C(=O)NC(CS)C(=O)N1CCCC1C(=O)NC(CCC(=O)O)C(=O)O. The van der Waals surface area contributed by atoms with Crippen molar-refractivity contribution in [2.75, 3.05) is 18.8 Å². The summed E-state index contributed by atoms with van der Waals surface area (Å²) >= 11 is 4.13. The smallest absolute Gasteiger partial charge is 0.326 e. The second-order valence-corrected chi connectivity index (χ2v) is 8.02. The number of thiol groups is 1. The number of carbonyl (C=O) groups excluding carboxylic acids is 3. The molecule has 0 aliphatic carbocycles. The molecule has 3 amide bonds. The highest BCUT2D eigenvalue weighted by Gasteiger charge is 2.38. The minimum Gasteiger partial charge on any atom is -0.481 e. The zero-order chi connectivity index (χ0) is 24.3. The van der Waals surface area contributed by atoms with Crippen molar-refractivity contribution in [3.05, 3.63) is 0 Å². The quantitative estimate of drug-likeness (QED) is 0.113. The number of carbonyl (C=O) groups is 5. The van der Waals surface area contributed by atoms with E-state index >= 15 is 0 Å². The molecule has 1 rings (SSSR count). The lowest BCUT2D eigenvalue weighted by atomic mass is 10.1. The summed E-state index contributed by atoms with van der Waals surface area (Å²) < 4.78 is 0. The van der Waals surface area contributed by atoms with Crippen molar-refractivity contribution < 1.29 is 34.2 Å². The lowest BCUT2D eigenvalue weighted by Crippen LogP contribution is -2.57. The first-order valence-corrected chi connectivity index (χ1v) is 11.2. The van der Waals surface area contributed by atoms with Gasteiger partial charge in [0.15, 0.2) is 0 Å². The summed E-state index contributed by atoms with van der Waals surface area (Å²) in [6, 6.07) is -4.11. The van der Waals surface area contributed by atoms with Crippen molar-refractivity contribution in [2.45, 2.75) is 69.1 Å². The minimum absolute atomic E-state index is 0.0126. The average molecular weight is 476 g/mol. The molecule has 1 fully saturated rings. The zero-order valence-corrected chi connectivity index (χ0v) is 18.8. The number of amides is 3. The van der Waals surface area contributed by atoms with Gasteiger partial charge in [0.2, 0.25) is 17.7 Å². The molecule has 0 bridgehead atoms. The number of unbranched alkanes of at least 4 members (excludes halogenated alkanes) is 1. The van der Waals surface area contributed by atoms with Crippen LogP contribution >= 0.6 is 12.6 Å². The second kappa shape index (κ2) is 13.9. The predicted octanol–water partition coefficient (Wildman–Crippen LogP) is -1.72. The molecule has 4 atom stereocenters. The van der Waals surface area contributed by atoms with Crippen LogP contribution in [0, 0.1) is 0 Å². The van der Waals surface area contributed by atoms with Gasteiger partial charge in [-0.15, -0.1) is 0 Å². The Morgan fingerprint density at radius 2 is 1.75 bits per heavy atom. The van der Waals surface area contributed by atoms with Gasteiger partial charge >= 0.3 is 11.9 Å². The van der Waals surface area contributed by atoms with Crippen molar-refractivity contribution in [3.63, 3.8) is 0 Å². The number of carboxylic acid groups (broad SMARTS) is 2. The van der Waals surface area contributed by atoms with E-state index in [1.165, 1.54) is 4.90 Å². The Hall–Kier alpha value is -2.38. The number of nitrogens with one attached hydrogen (secondary N) is 2. The van der Waals surface area contributed by atoms with Gasteiger partial charge in [-0.2, -0.15) is 12.6 Å². The first-order chi connectivity index (χ1) is 15.1. The van der Waals surface area contributed by atoms with Crippen LogP contribution in [0.4, 0.5) is 0 Å². The van der Waals surface area contributed by atoms with E-state index in [0.29, 0.717) is 32.2 Å². The molecule has 182 valence electrons. The molecule has 8 N–H and O–H groups in total. The molecule has 1 aliphatic heterocycles. The Bertz CT molecular complexity index is 693. The van der Waals surface area contributed by atoms with Crippen LogP contribution in [0.5, 0.6) is 0 Å². The maximum atomic E-state index is 13.0. The fourth-order valence-corrected chi connectivity index (χ4v) is 3.65. The van der Waals surface area contributed by atoms with E-state index in [9.17, 15) is 29.1 Å². The van der Waals surface area contributed by atoms with Crippen molar-refractivity contribution in [2.24, 2.45) is 11.5 Å². The highest BCUT2D eigenvalue weighted by atomic mass is 32.1. The highest BCUT2D eigenvalue weighted by molar-refractivity contribution is 7.80. The monoisotopic (exact) mass is 475 g/mol. The summed E-state index contributed by atoms with van der Waals surface area (Å²) in [6.07, 6.45) is 1.93. The Balaban J connectivity index is 2.76. The molecule has 13 heteroatoms. The van der Waals surface area contributed by atoms with Gasteiger partial charge in [0.25, 0.3) is 0 Å². The third-order valence-corrected chi connectivity index (χ3v) is 5.57. The molecule has 0 aromatic carbocycles. The van der Waals surface area contributed by atoms with Crippen LogP contribution in [0.3, 0.4) is 0 Å². The van der Waals surface area contributed by atoms with Crippen LogP contribution in [0.15, 0.2) is 0 Å². The molecular formula is C19H33N5O7S. The van der Waals surface area contributed by atoms with E-state index < -0.39 is 60.2 Å². The largest absolute Gasteiger partial charge is 0.481 e. The lowest BCUT2D eigenvalue weighted by Gasteiger charge is -2.29. The van der Waals surface area contributed by atoms with Crippen molar-refractivity contribution in [1.82, 2.24) is 15.5 Å². The molecule has 0 aromatic rings. The molecule has 4 unspecified atom stereocenters. The Morgan fingerprint density at radius 1 is 1.06 bits per heavy atom. The number of rotatable bonds is 14. The number of hydrogen-bond donors (Lipinski definition) is 7. The van der Waals surface area contributed by atoms with Crippen molar-refractivity contribution >= 4 is 42.3 Å². The normalized spacial score (nSPS) is 18.5. The number of nitrogens with two attached hydrogens (primary N) is 2. The molecule has 0 spiro atoms. The first kappa shape index (κ1) is 27.7. The summed E-state index contributed by atoms with van der Waals surface area (Å²) in [5, 5.41) is 22.9. The van der Waals surface area contributed by atoms with Gasteiger partial charge in [0, 0.05) is 18.7 Å². The number of hydrogen-bond acceptors (Lipinski definition) is 8. The molecule has 32 heavy (non-hydrogen) atoms. The molecule has 1 heterocycles. The maximum Gasteiger partial charge on any atom is 0.326 e. The third-order valence-electron chi connectivity index (χ3n) is 5.20. The van der Waals surface area contributed by atoms with Gasteiger partial charge in [-0.3, -0.25) is 19.2 Å². The van der Waals surface area contributed by atoms with Gasteiger partial charge in [-0.25, -0.2) is 4.79 Å². The summed E-state index contributed by atoms with van der Waals surface area (Å²) in [4.78, 5) is 61.3. The molecule has 1 saturated heterocycles. The first-order valence-electron chi connectivity index (χ1n) is 10.5. The summed E-state index contributed by atoms with van der Waals surface area (Å²) in [7, 11) is 0. The highest BCUT2D eigenvalue weighted by Crippen LogP contribution is 2.19. The van der Waals surface area contributed by atoms with E-state index in [4.69, 9.17) is 16.6 Å². The molecular weight excluding hydrogens is 442 g/mol. The van der Waals surface area contributed by atoms with Crippen LogP contribution in [-0.2, 0) is 24.0 Å². The van der Waals surface area contributed by atoms with Crippen LogP contribution < -0.4 is 22.1 Å². The molecule has 1 aliphatic rings. The molecule has 0 radical (unpaired) electrons. The molecule has 12 nitrogen and oxygen atoms in total. The minimum atomic E-state index is -1.39. The third kappa shape index (κ3) is 8.63. The second-order valence-electron chi connectivity index (χ2n) is 7.66. The maximum absolute atomic E-state index is 13.0. The summed E-state index contributed by atoms with van der Waals surface area (Å²) in [5.41, 5.74) is 11.3. The van der Waals surface area contributed by atoms with Crippen molar-refractivity contribution in [3.8, 4) is 0 Å². The summed E-state index contributed by atoms with van der Waals surface area (Å²) in [6.45, 7) is 0.746. The van der Waals surface area contributed by atoms with Gasteiger partial charge in [0.1, 0.15) is 18.1 Å². The average Bonchev–Trinajstić information content (AvgIpc) is 3.23. The number of nitrogens with zero attached hydrogens (tertiary/aromatic N) is 1. The van der Waals surface area contributed by atoms with Gasteiger partial charge in [0.05, 0.1) is 6.04 Å². The standard InChI is InChI=1S/C19H33N5O7S/c20-8-2-1-4-11(21)16(27)23-13(10-32)18(29)24-9-3-5-14(24)17(28)22-12(19(30)31)6-7-15(25)26/h11-14,32H,1-10,20-21H2,(H,22,28)(H,23,27)(H,25,26)(H,30,31). The van der Waals surface area contributed by atoms with Crippen LogP contribution in [0.1, 0.15) is 44.9 Å². The zero-order valence-electron chi connectivity index (χ0n) is 17.9. The number of likely N-dealkylation sites (tertiary alicyclic amines) is 1.